The standard InChI is InChI=1S/C16H17NO2/c1-11-3-5-14(12(2)7-11)17-9-13-4-6-15-16(8-13)19-10-18-15/h3-8,17H,9-10H2,1-2H3. The van der Waals surface area contributed by atoms with Crippen LogP contribution in [0.1, 0.15) is 16.7 Å². The lowest BCUT2D eigenvalue weighted by molar-refractivity contribution is 0.174. The molecule has 2 aromatic rings. The minimum atomic E-state index is 0.323. The van der Waals surface area contributed by atoms with Crippen LogP contribution >= 0.6 is 0 Å². The molecule has 0 radical (unpaired) electrons. The summed E-state index contributed by atoms with van der Waals surface area (Å²) < 4.78 is 10.7. The zero-order valence-corrected chi connectivity index (χ0v) is 11.2. The second kappa shape index (κ2) is 4.84. The molecule has 98 valence electrons. The topological polar surface area (TPSA) is 30.5 Å². The molecule has 3 rings (SSSR count). The third-order valence-electron chi connectivity index (χ3n) is 3.30. The molecule has 3 heteroatoms. The summed E-state index contributed by atoms with van der Waals surface area (Å²) in [6, 6.07) is 12.5. The Bertz CT molecular complexity index is 608. The van der Waals surface area contributed by atoms with Crippen LogP contribution in [-0.4, -0.2) is 6.79 Å². The summed E-state index contributed by atoms with van der Waals surface area (Å²) in [5.74, 6) is 1.66. The van der Waals surface area contributed by atoms with Crippen molar-refractivity contribution in [3.8, 4) is 11.5 Å². The number of hydrogen-bond acceptors (Lipinski definition) is 3. The molecule has 0 bridgehead atoms. The van der Waals surface area contributed by atoms with Gasteiger partial charge in [-0.05, 0) is 43.2 Å². The molecule has 1 N–H and O–H groups in total. The van der Waals surface area contributed by atoms with Crippen LogP contribution in [0.2, 0.25) is 0 Å². The first-order valence-electron chi connectivity index (χ1n) is 6.42. The molecule has 0 unspecified atom stereocenters. The first-order chi connectivity index (χ1) is 9.22. The van der Waals surface area contributed by atoms with Crippen molar-refractivity contribution in [2.24, 2.45) is 0 Å². The van der Waals surface area contributed by atoms with Crippen molar-refractivity contribution in [3.05, 3.63) is 53.1 Å². The average molecular weight is 255 g/mol. The maximum Gasteiger partial charge on any atom is 0.231 e. The number of anilines is 1. The zero-order chi connectivity index (χ0) is 13.2. The molecular weight excluding hydrogens is 238 g/mol. The van der Waals surface area contributed by atoms with Crippen LogP contribution < -0.4 is 14.8 Å². The minimum absolute atomic E-state index is 0.323. The molecule has 19 heavy (non-hydrogen) atoms. The Kier molecular flexibility index (Phi) is 3.03. The quantitative estimate of drug-likeness (QED) is 0.908. The van der Waals surface area contributed by atoms with E-state index >= 15 is 0 Å². The van der Waals surface area contributed by atoms with Gasteiger partial charge in [-0.15, -0.1) is 0 Å². The molecule has 1 aliphatic rings. The molecule has 0 saturated carbocycles. The number of ether oxygens (including phenoxy) is 2. The maximum absolute atomic E-state index is 5.38. The average Bonchev–Trinajstić information content (AvgIpc) is 2.85. The molecule has 0 atom stereocenters. The van der Waals surface area contributed by atoms with E-state index in [0.717, 1.165) is 18.0 Å². The van der Waals surface area contributed by atoms with Gasteiger partial charge in [0.2, 0.25) is 6.79 Å². The van der Waals surface area contributed by atoms with Crippen molar-refractivity contribution in [2.45, 2.75) is 20.4 Å². The van der Waals surface area contributed by atoms with Gasteiger partial charge in [0.05, 0.1) is 0 Å². The third kappa shape index (κ3) is 2.50. The predicted octanol–water partition coefficient (Wildman–Crippen LogP) is 3.64. The van der Waals surface area contributed by atoms with Gasteiger partial charge in [-0.25, -0.2) is 0 Å². The van der Waals surface area contributed by atoms with E-state index < -0.39 is 0 Å². The monoisotopic (exact) mass is 255 g/mol. The fourth-order valence-corrected chi connectivity index (χ4v) is 2.26. The van der Waals surface area contributed by atoms with E-state index in [1.807, 2.05) is 12.1 Å². The van der Waals surface area contributed by atoms with E-state index in [0.29, 0.717) is 6.79 Å². The van der Waals surface area contributed by atoms with Gasteiger partial charge in [-0.3, -0.25) is 0 Å². The number of aryl methyl sites for hydroxylation is 2. The van der Waals surface area contributed by atoms with E-state index in [2.05, 4.69) is 43.4 Å². The molecule has 2 aromatic carbocycles. The van der Waals surface area contributed by atoms with Crippen LogP contribution in [0.4, 0.5) is 5.69 Å². The van der Waals surface area contributed by atoms with Gasteiger partial charge in [0.15, 0.2) is 11.5 Å². The van der Waals surface area contributed by atoms with E-state index in [9.17, 15) is 0 Å². The fraction of sp³-hybridized carbons (Fsp3) is 0.250. The Morgan fingerprint density at radius 1 is 1.00 bits per heavy atom. The summed E-state index contributed by atoms with van der Waals surface area (Å²) in [6.07, 6.45) is 0. The smallest absolute Gasteiger partial charge is 0.231 e. The molecule has 0 amide bonds. The first-order valence-corrected chi connectivity index (χ1v) is 6.42. The summed E-state index contributed by atoms with van der Waals surface area (Å²) >= 11 is 0. The molecule has 1 aliphatic heterocycles. The summed E-state index contributed by atoms with van der Waals surface area (Å²) in [6.45, 7) is 5.33. The van der Waals surface area contributed by atoms with Crippen molar-refractivity contribution in [1.82, 2.24) is 0 Å². The van der Waals surface area contributed by atoms with Crippen LogP contribution in [-0.2, 0) is 6.54 Å². The molecule has 3 nitrogen and oxygen atoms in total. The van der Waals surface area contributed by atoms with Crippen molar-refractivity contribution < 1.29 is 9.47 Å². The molecular formula is C16H17NO2. The predicted molar refractivity (Wildman–Crippen MR) is 75.8 cm³/mol. The SMILES string of the molecule is Cc1ccc(NCc2ccc3c(c2)OCO3)c(C)c1. The highest BCUT2D eigenvalue weighted by molar-refractivity contribution is 5.53. The Labute approximate surface area is 113 Å². The van der Waals surface area contributed by atoms with E-state index in [-0.39, 0.29) is 0 Å². The normalized spacial score (nSPS) is 12.5. The van der Waals surface area contributed by atoms with Crippen LogP contribution in [0.15, 0.2) is 36.4 Å². The Balaban J connectivity index is 1.72. The number of fused-ring (bicyclic) bond motifs is 1. The summed E-state index contributed by atoms with van der Waals surface area (Å²) in [5, 5.41) is 3.45. The highest BCUT2D eigenvalue weighted by Crippen LogP contribution is 2.32. The molecule has 0 spiro atoms. The number of hydrogen-bond donors (Lipinski definition) is 1. The maximum atomic E-state index is 5.38. The van der Waals surface area contributed by atoms with E-state index in [1.165, 1.54) is 22.4 Å². The van der Waals surface area contributed by atoms with E-state index in [1.54, 1.807) is 0 Å². The summed E-state index contributed by atoms with van der Waals surface area (Å²) in [7, 11) is 0. The van der Waals surface area contributed by atoms with Crippen molar-refractivity contribution in [1.29, 1.82) is 0 Å². The lowest BCUT2D eigenvalue weighted by Crippen LogP contribution is -2.01. The number of rotatable bonds is 3. The fourth-order valence-electron chi connectivity index (χ4n) is 2.26. The van der Waals surface area contributed by atoms with Gasteiger partial charge in [-0.2, -0.15) is 0 Å². The van der Waals surface area contributed by atoms with E-state index in [4.69, 9.17) is 9.47 Å². The van der Waals surface area contributed by atoms with Gasteiger partial charge in [0, 0.05) is 12.2 Å². The lowest BCUT2D eigenvalue weighted by atomic mass is 10.1. The highest BCUT2D eigenvalue weighted by Gasteiger charge is 2.12. The van der Waals surface area contributed by atoms with Gasteiger partial charge < -0.3 is 14.8 Å². The van der Waals surface area contributed by atoms with Gasteiger partial charge in [-0.1, -0.05) is 23.8 Å². The van der Waals surface area contributed by atoms with Crippen LogP contribution in [0, 0.1) is 13.8 Å². The molecule has 0 aliphatic carbocycles. The molecule has 0 fully saturated rings. The van der Waals surface area contributed by atoms with Crippen LogP contribution in [0.25, 0.3) is 0 Å². The molecule has 0 aromatic heterocycles. The summed E-state index contributed by atoms with van der Waals surface area (Å²) in [5.41, 5.74) is 4.90. The minimum Gasteiger partial charge on any atom is -0.454 e. The van der Waals surface area contributed by atoms with Crippen LogP contribution in [0.5, 0.6) is 11.5 Å². The third-order valence-corrected chi connectivity index (χ3v) is 3.30. The Morgan fingerprint density at radius 3 is 2.68 bits per heavy atom. The van der Waals surface area contributed by atoms with Crippen molar-refractivity contribution in [3.63, 3.8) is 0 Å². The second-order valence-corrected chi connectivity index (χ2v) is 4.86. The van der Waals surface area contributed by atoms with Crippen molar-refractivity contribution in [2.75, 3.05) is 12.1 Å². The second-order valence-electron chi connectivity index (χ2n) is 4.86. The number of benzene rings is 2. The molecule has 0 saturated heterocycles. The molecule has 1 heterocycles. The Hall–Kier alpha value is -2.16. The first kappa shape index (κ1) is 11.9. The van der Waals surface area contributed by atoms with Gasteiger partial charge in [0.1, 0.15) is 0 Å². The largest absolute Gasteiger partial charge is 0.454 e. The zero-order valence-electron chi connectivity index (χ0n) is 11.2. The Morgan fingerprint density at radius 2 is 1.84 bits per heavy atom. The van der Waals surface area contributed by atoms with Crippen LogP contribution in [0.3, 0.4) is 0 Å². The summed E-state index contributed by atoms with van der Waals surface area (Å²) in [4.78, 5) is 0. The highest BCUT2D eigenvalue weighted by atomic mass is 16.7. The lowest BCUT2D eigenvalue weighted by Gasteiger charge is -2.10. The number of nitrogens with one attached hydrogen (secondary N) is 1. The van der Waals surface area contributed by atoms with Gasteiger partial charge >= 0.3 is 0 Å². The van der Waals surface area contributed by atoms with Gasteiger partial charge in [0.25, 0.3) is 0 Å². The van der Waals surface area contributed by atoms with Crippen molar-refractivity contribution >= 4 is 5.69 Å².